The average Bonchev–Trinajstić information content (AvgIpc) is 2.90. The normalized spacial score (nSPS) is 17.1. The van der Waals surface area contributed by atoms with Crippen LogP contribution >= 0.6 is 12.4 Å². The predicted octanol–water partition coefficient (Wildman–Crippen LogP) is 5.77. The molecule has 10 heteroatoms. The van der Waals surface area contributed by atoms with E-state index in [1.54, 1.807) is 24.3 Å². The van der Waals surface area contributed by atoms with Gasteiger partial charge in [0, 0.05) is 44.0 Å². The van der Waals surface area contributed by atoms with Crippen molar-refractivity contribution in [3.8, 4) is 11.5 Å². The maximum atomic E-state index is 13.0. The van der Waals surface area contributed by atoms with Crippen LogP contribution in [0.15, 0.2) is 61.2 Å². The molecule has 2 N–H and O–H groups in total. The summed E-state index contributed by atoms with van der Waals surface area (Å²) >= 11 is 0. The third-order valence-corrected chi connectivity index (χ3v) is 7.85. The smallest absolute Gasteiger partial charge is 0.318 e. The van der Waals surface area contributed by atoms with Crippen molar-refractivity contribution in [2.75, 3.05) is 30.6 Å². The van der Waals surface area contributed by atoms with Gasteiger partial charge in [-0.1, -0.05) is 37.5 Å². The molecular formula is C29H41ClN4O4S. The molecule has 4 rings (SSSR count). The molecule has 214 valence electrons. The zero-order valence-electron chi connectivity index (χ0n) is 22.7. The molecule has 39 heavy (non-hydrogen) atoms. The van der Waals surface area contributed by atoms with Crippen molar-refractivity contribution in [3.05, 3.63) is 66.7 Å². The van der Waals surface area contributed by atoms with E-state index in [-0.39, 0.29) is 24.5 Å². The molecule has 8 nitrogen and oxygen atoms in total. The van der Waals surface area contributed by atoms with Gasteiger partial charge in [0.25, 0.3) is 0 Å². The van der Waals surface area contributed by atoms with Gasteiger partial charge in [-0.15, -0.1) is 19.0 Å². The van der Waals surface area contributed by atoms with Crippen molar-refractivity contribution in [2.24, 2.45) is 0 Å². The summed E-state index contributed by atoms with van der Waals surface area (Å²) in [5.41, 5.74) is 1.71. The quantitative estimate of drug-likeness (QED) is 0.351. The summed E-state index contributed by atoms with van der Waals surface area (Å²) in [7, 11) is -3.30. The second kappa shape index (κ2) is 14.6. The van der Waals surface area contributed by atoms with Crippen LogP contribution in [0, 0.1) is 0 Å². The first-order valence-electron chi connectivity index (χ1n) is 13.5. The molecule has 1 aliphatic heterocycles. The highest BCUT2D eigenvalue weighted by molar-refractivity contribution is 7.92. The minimum Gasteiger partial charge on any atom is -0.457 e. The maximum absolute atomic E-state index is 13.0. The van der Waals surface area contributed by atoms with E-state index in [2.05, 4.69) is 33.7 Å². The second-order valence-electron chi connectivity index (χ2n) is 10.4. The molecule has 2 aromatic rings. The Hall–Kier alpha value is -2.75. The van der Waals surface area contributed by atoms with Crippen LogP contribution in [0.5, 0.6) is 11.5 Å². The fraction of sp³-hybridized carbons (Fsp3) is 0.483. The monoisotopic (exact) mass is 576 g/mol. The van der Waals surface area contributed by atoms with Gasteiger partial charge in [-0.3, -0.25) is 9.62 Å². The van der Waals surface area contributed by atoms with Gasteiger partial charge in [0.05, 0.1) is 6.26 Å². The molecule has 2 aliphatic rings. The van der Waals surface area contributed by atoms with E-state index in [4.69, 9.17) is 4.74 Å². The summed E-state index contributed by atoms with van der Waals surface area (Å²) in [4.78, 5) is 17.4. The molecule has 0 radical (unpaired) electrons. The lowest BCUT2D eigenvalue weighted by Gasteiger charge is -2.39. The van der Waals surface area contributed by atoms with Crippen LogP contribution < -0.4 is 14.8 Å². The van der Waals surface area contributed by atoms with Crippen molar-refractivity contribution in [3.63, 3.8) is 0 Å². The Morgan fingerprint density at radius 2 is 1.59 bits per heavy atom. The van der Waals surface area contributed by atoms with E-state index in [1.165, 1.54) is 24.8 Å². The van der Waals surface area contributed by atoms with Gasteiger partial charge in [0.1, 0.15) is 11.5 Å². The highest BCUT2D eigenvalue weighted by Gasteiger charge is 2.28. The standard InChI is InChI=1S/C29H40N4O4S.ClH/c1-3-19-33(29(34)30-24-7-5-4-6-8-24)26-17-20-32(21-18-26)22-23-9-13-27(14-10-23)37-28-15-11-25(12-16-28)31-38(2,35)36;/h3,9-16,24,26,31H,1,4-8,17-22H2,2H3,(H,30,34);1H. The first-order valence-corrected chi connectivity index (χ1v) is 15.4. The van der Waals surface area contributed by atoms with Gasteiger partial charge < -0.3 is 15.0 Å². The molecular weight excluding hydrogens is 536 g/mol. The number of sulfonamides is 1. The molecule has 1 heterocycles. The molecule has 0 spiro atoms. The van der Waals surface area contributed by atoms with Gasteiger partial charge >= 0.3 is 6.03 Å². The summed E-state index contributed by atoms with van der Waals surface area (Å²) in [5, 5.41) is 3.27. The van der Waals surface area contributed by atoms with Crippen LogP contribution in [0.3, 0.4) is 0 Å². The van der Waals surface area contributed by atoms with E-state index >= 15 is 0 Å². The van der Waals surface area contributed by atoms with Crippen molar-refractivity contribution in [1.29, 1.82) is 0 Å². The van der Waals surface area contributed by atoms with E-state index < -0.39 is 10.0 Å². The summed E-state index contributed by atoms with van der Waals surface area (Å²) in [6.45, 7) is 7.21. The summed E-state index contributed by atoms with van der Waals surface area (Å²) in [6.07, 6.45) is 10.7. The number of nitrogens with zero attached hydrogens (tertiary/aromatic N) is 2. The Morgan fingerprint density at radius 1 is 1.00 bits per heavy atom. The molecule has 1 saturated carbocycles. The zero-order chi connectivity index (χ0) is 27.0. The van der Waals surface area contributed by atoms with Gasteiger partial charge in [0.2, 0.25) is 10.0 Å². The number of anilines is 1. The lowest BCUT2D eigenvalue weighted by molar-refractivity contribution is 0.121. The number of ether oxygens (including phenoxy) is 1. The SMILES string of the molecule is C=CCN(C(=O)NC1CCCCC1)C1CCN(Cc2ccc(Oc3ccc(NS(C)(=O)=O)cc3)cc2)CC1.Cl. The third kappa shape index (κ3) is 9.74. The molecule has 1 saturated heterocycles. The van der Waals surface area contributed by atoms with Gasteiger partial charge in [-0.05, 0) is 67.6 Å². The molecule has 2 amide bonds. The van der Waals surface area contributed by atoms with Crippen molar-refractivity contribution in [1.82, 2.24) is 15.1 Å². The number of halogens is 1. The van der Waals surface area contributed by atoms with E-state index in [1.807, 2.05) is 23.1 Å². The number of benzene rings is 2. The number of hydrogen-bond acceptors (Lipinski definition) is 5. The molecule has 2 aromatic carbocycles. The van der Waals surface area contributed by atoms with E-state index in [0.717, 1.165) is 57.3 Å². The second-order valence-corrected chi connectivity index (χ2v) is 12.1. The number of rotatable bonds is 10. The Bertz CT molecular complexity index is 1160. The Morgan fingerprint density at radius 3 is 2.15 bits per heavy atom. The minimum absolute atomic E-state index is 0. The molecule has 0 atom stereocenters. The molecule has 1 aliphatic carbocycles. The van der Waals surface area contributed by atoms with Crippen LogP contribution in [0.1, 0.15) is 50.5 Å². The molecule has 2 fully saturated rings. The van der Waals surface area contributed by atoms with Crippen molar-refractivity contribution in [2.45, 2.75) is 63.6 Å². The lowest BCUT2D eigenvalue weighted by Crippen LogP contribution is -2.52. The average molecular weight is 577 g/mol. The third-order valence-electron chi connectivity index (χ3n) is 7.24. The fourth-order valence-electron chi connectivity index (χ4n) is 5.29. The van der Waals surface area contributed by atoms with E-state index in [9.17, 15) is 13.2 Å². The Kier molecular flexibility index (Phi) is 11.5. The predicted molar refractivity (Wildman–Crippen MR) is 159 cm³/mol. The summed E-state index contributed by atoms with van der Waals surface area (Å²) in [6, 6.07) is 15.5. The number of piperidine rings is 1. The first-order chi connectivity index (χ1) is 18.3. The Balaban J connectivity index is 0.00000420. The summed E-state index contributed by atoms with van der Waals surface area (Å²) < 4.78 is 31.0. The number of likely N-dealkylation sites (tertiary alicyclic amines) is 1. The Labute approximate surface area is 239 Å². The fourth-order valence-corrected chi connectivity index (χ4v) is 5.86. The van der Waals surface area contributed by atoms with Gasteiger partial charge in [-0.25, -0.2) is 13.2 Å². The van der Waals surface area contributed by atoms with Crippen molar-refractivity contribution >= 4 is 34.1 Å². The minimum atomic E-state index is -3.30. The number of hydrogen-bond donors (Lipinski definition) is 2. The number of carbonyl (C=O) groups excluding carboxylic acids is 1. The highest BCUT2D eigenvalue weighted by atomic mass is 35.5. The van der Waals surface area contributed by atoms with Gasteiger partial charge in [-0.2, -0.15) is 0 Å². The first kappa shape index (κ1) is 30.8. The topological polar surface area (TPSA) is 91.0 Å². The number of urea groups is 1. The van der Waals surface area contributed by atoms with Gasteiger partial charge in [0.15, 0.2) is 0 Å². The number of nitrogens with one attached hydrogen (secondary N) is 2. The summed E-state index contributed by atoms with van der Waals surface area (Å²) in [5.74, 6) is 1.36. The van der Waals surface area contributed by atoms with Crippen molar-refractivity contribution < 1.29 is 17.9 Å². The lowest BCUT2D eigenvalue weighted by atomic mass is 9.95. The molecule has 0 bridgehead atoms. The van der Waals surface area contributed by atoms with Crippen LogP contribution in [0.25, 0.3) is 0 Å². The number of carbonyl (C=O) groups is 1. The van der Waals surface area contributed by atoms with Crippen LogP contribution in [-0.4, -0.2) is 62.2 Å². The highest BCUT2D eigenvalue weighted by Crippen LogP contribution is 2.25. The van der Waals surface area contributed by atoms with E-state index in [0.29, 0.717) is 24.0 Å². The maximum Gasteiger partial charge on any atom is 0.318 e. The van der Waals surface area contributed by atoms with Crippen LogP contribution in [-0.2, 0) is 16.6 Å². The zero-order valence-corrected chi connectivity index (χ0v) is 24.3. The van der Waals surface area contributed by atoms with Crippen LogP contribution in [0.4, 0.5) is 10.5 Å². The molecule has 0 aromatic heterocycles. The van der Waals surface area contributed by atoms with Crippen LogP contribution in [0.2, 0.25) is 0 Å². The number of amides is 2. The molecule has 0 unspecified atom stereocenters. The largest absolute Gasteiger partial charge is 0.457 e.